The Balaban J connectivity index is 0.00000112. The zero-order chi connectivity index (χ0) is 9.97. The maximum Gasteiger partial charge on any atom is 0.133 e. The Morgan fingerprint density at radius 3 is 2.38 bits per heavy atom. The van der Waals surface area contributed by atoms with E-state index in [0.717, 1.165) is 18.8 Å². The van der Waals surface area contributed by atoms with Crippen LogP contribution in [-0.4, -0.2) is 24.1 Å². The van der Waals surface area contributed by atoms with Crippen molar-refractivity contribution in [3.05, 3.63) is 30.3 Å². The van der Waals surface area contributed by atoms with Gasteiger partial charge >= 0.3 is 0 Å². The molecule has 2 unspecified atom stereocenters. The van der Waals surface area contributed by atoms with Crippen molar-refractivity contribution in [1.82, 2.24) is 5.32 Å². The first kappa shape index (κ1) is 16.1. The van der Waals surface area contributed by atoms with Crippen LogP contribution in [0.4, 0.5) is 5.69 Å². The third kappa shape index (κ3) is 3.57. The molecule has 0 amide bonds. The van der Waals surface area contributed by atoms with Gasteiger partial charge in [-0.3, -0.25) is 5.32 Å². The second-order valence-corrected chi connectivity index (χ2v) is 4.17. The van der Waals surface area contributed by atoms with Crippen molar-refractivity contribution in [1.29, 1.82) is 0 Å². The molecule has 2 rings (SSSR count). The van der Waals surface area contributed by atoms with Crippen LogP contribution >= 0.6 is 48.0 Å². The highest BCUT2D eigenvalue weighted by Gasteiger charge is 2.27. The van der Waals surface area contributed by atoms with Crippen molar-refractivity contribution in [2.24, 2.45) is 0 Å². The molecule has 1 saturated heterocycles. The van der Waals surface area contributed by atoms with Crippen molar-refractivity contribution in [3.63, 3.8) is 0 Å². The monoisotopic (exact) mass is 302 g/mol. The summed E-state index contributed by atoms with van der Waals surface area (Å²) in [4.78, 5) is 2.11. The van der Waals surface area contributed by atoms with Gasteiger partial charge in [-0.25, -0.2) is 0 Å². The number of nitrogens with zero attached hydrogens (tertiary/aromatic N) is 1. The number of alkyl halides is 2. The van der Waals surface area contributed by atoms with Gasteiger partial charge in [0.15, 0.2) is 0 Å². The van der Waals surface area contributed by atoms with E-state index in [0.29, 0.717) is 0 Å². The molecule has 1 fully saturated rings. The second kappa shape index (κ2) is 7.46. The first-order valence-electron chi connectivity index (χ1n) is 4.62. The number of nitrogens with one attached hydrogen (secondary N) is 1. The molecule has 0 spiro atoms. The van der Waals surface area contributed by atoms with Gasteiger partial charge < -0.3 is 4.90 Å². The van der Waals surface area contributed by atoms with E-state index in [1.165, 1.54) is 0 Å². The summed E-state index contributed by atoms with van der Waals surface area (Å²) >= 11 is 12.2. The van der Waals surface area contributed by atoms with Gasteiger partial charge in [-0.05, 0) is 12.1 Å². The van der Waals surface area contributed by atoms with Crippen LogP contribution in [0.15, 0.2) is 30.3 Å². The average molecular weight is 304 g/mol. The third-order valence-corrected chi connectivity index (χ3v) is 3.33. The Bertz CT molecular complexity index is 296. The number of hydrogen-bond acceptors (Lipinski definition) is 2. The number of halogens is 4. The minimum atomic E-state index is -0.189. The fourth-order valence-corrected chi connectivity index (χ4v) is 2.14. The quantitative estimate of drug-likeness (QED) is 0.633. The van der Waals surface area contributed by atoms with Crippen molar-refractivity contribution in [3.8, 4) is 0 Å². The highest BCUT2D eigenvalue weighted by atomic mass is 35.5. The Kier molecular flexibility index (Phi) is 7.53. The molecule has 2 nitrogen and oxygen atoms in total. The normalized spacial score (nSPS) is 24.2. The Morgan fingerprint density at radius 1 is 1.12 bits per heavy atom. The van der Waals surface area contributed by atoms with Crippen molar-refractivity contribution in [2.45, 2.75) is 11.0 Å². The van der Waals surface area contributed by atoms with Gasteiger partial charge in [0.25, 0.3) is 0 Å². The van der Waals surface area contributed by atoms with Crippen molar-refractivity contribution >= 4 is 53.7 Å². The van der Waals surface area contributed by atoms with Crippen LogP contribution in [0.2, 0.25) is 0 Å². The zero-order valence-electron chi connectivity index (χ0n) is 8.48. The van der Waals surface area contributed by atoms with Gasteiger partial charge in [0.2, 0.25) is 0 Å². The summed E-state index contributed by atoms with van der Waals surface area (Å²) in [6.45, 7) is 1.76. The van der Waals surface area contributed by atoms with Crippen LogP contribution in [0.1, 0.15) is 0 Å². The molecule has 0 saturated carbocycles. The molecule has 1 aliphatic rings. The zero-order valence-corrected chi connectivity index (χ0v) is 11.6. The minimum Gasteiger partial charge on any atom is -0.352 e. The summed E-state index contributed by atoms with van der Waals surface area (Å²) in [5, 5.41) is 3.12. The Hall–Kier alpha value is 0.140. The average Bonchev–Trinajstić information content (AvgIpc) is 2.23. The summed E-state index contributed by atoms with van der Waals surface area (Å²) in [7, 11) is 0. The molecule has 1 aromatic carbocycles. The smallest absolute Gasteiger partial charge is 0.133 e. The summed E-state index contributed by atoms with van der Waals surface area (Å²) < 4.78 is 0. The molecular weight excluding hydrogens is 290 g/mol. The van der Waals surface area contributed by atoms with E-state index in [1.54, 1.807) is 0 Å². The second-order valence-electron chi connectivity index (χ2n) is 3.26. The fraction of sp³-hybridized carbons (Fsp3) is 0.400. The van der Waals surface area contributed by atoms with E-state index in [9.17, 15) is 0 Å². The fourth-order valence-electron chi connectivity index (χ4n) is 1.59. The SMILES string of the molecule is Cl.Cl.ClC1NCCN(c2ccccc2)C1Cl. The molecular formula is C10H14Cl4N2. The van der Waals surface area contributed by atoms with Crippen LogP contribution in [-0.2, 0) is 0 Å². The molecule has 1 aromatic rings. The maximum atomic E-state index is 6.20. The lowest BCUT2D eigenvalue weighted by molar-refractivity contribution is 0.522. The molecule has 0 radical (unpaired) electrons. The molecule has 1 heterocycles. The standard InChI is InChI=1S/C10H12Cl2N2.2ClH/c11-9-10(12)14(7-6-13-9)8-4-2-1-3-5-8;;/h1-5,9-10,13H,6-7H2;2*1H. The summed E-state index contributed by atoms with van der Waals surface area (Å²) in [6, 6.07) is 10.1. The van der Waals surface area contributed by atoms with E-state index in [4.69, 9.17) is 23.2 Å². The first-order chi connectivity index (χ1) is 6.79. The van der Waals surface area contributed by atoms with Gasteiger partial charge in [0.1, 0.15) is 11.0 Å². The molecule has 0 bridgehead atoms. The van der Waals surface area contributed by atoms with E-state index in [2.05, 4.69) is 10.2 Å². The van der Waals surface area contributed by atoms with Gasteiger partial charge in [-0.1, -0.05) is 29.8 Å². The molecule has 2 atom stereocenters. The van der Waals surface area contributed by atoms with Crippen molar-refractivity contribution < 1.29 is 0 Å². The van der Waals surface area contributed by atoms with E-state index in [-0.39, 0.29) is 35.8 Å². The summed E-state index contributed by atoms with van der Waals surface area (Å²) in [6.07, 6.45) is 0. The number of para-hydroxylation sites is 1. The number of benzene rings is 1. The number of rotatable bonds is 1. The van der Waals surface area contributed by atoms with Crippen molar-refractivity contribution in [2.75, 3.05) is 18.0 Å². The summed E-state index contributed by atoms with van der Waals surface area (Å²) in [5.41, 5.74) is 0.748. The molecule has 0 aliphatic carbocycles. The highest BCUT2D eigenvalue weighted by Crippen LogP contribution is 2.23. The van der Waals surface area contributed by atoms with E-state index >= 15 is 0 Å². The van der Waals surface area contributed by atoms with E-state index < -0.39 is 0 Å². The third-order valence-electron chi connectivity index (χ3n) is 2.32. The van der Waals surface area contributed by atoms with Crippen LogP contribution in [0.5, 0.6) is 0 Å². The van der Waals surface area contributed by atoms with E-state index in [1.807, 2.05) is 30.3 Å². The molecule has 1 aliphatic heterocycles. The van der Waals surface area contributed by atoms with Gasteiger partial charge in [-0.2, -0.15) is 0 Å². The molecule has 0 aromatic heterocycles. The predicted octanol–water partition coefficient (Wildman–Crippen LogP) is 3.07. The van der Waals surface area contributed by atoms with Crippen LogP contribution in [0, 0.1) is 0 Å². The molecule has 6 heteroatoms. The lowest BCUT2D eigenvalue weighted by Crippen LogP contribution is -2.53. The largest absolute Gasteiger partial charge is 0.352 e. The molecule has 92 valence electrons. The van der Waals surface area contributed by atoms with Crippen LogP contribution in [0.3, 0.4) is 0 Å². The van der Waals surface area contributed by atoms with Gasteiger partial charge in [-0.15, -0.1) is 36.4 Å². The number of anilines is 1. The lowest BCUT2D eigenvalue weighted by atomic mass is 10.2. The highest BCUT2D eigenvalue weighted by molar-refractivity contribution is 6.30. The minimum absolute atomic E-state index is 0. The summed E-state index contributed by atoms with van der Waals surface area (Å²) in [5.74, 6) is 0. The Morgan fingerprint density at radius 2 is 1.75 bits per heavy atom. The van der Waals surface area contributed by atoms with Gasteiger partial charge in [0, 0.05) is 18.8 Å². The van der Waals surface area contributed by atoms with Crippen LogP contribution < -0.4 is 10.2 Å². The Labute approximate surface area is 118 Å². The first-order valence-corrected chi connectivity index (χ1v) is 5.49. The molecule has 16 heavy (non-hydrogen) atoms. The predicted molar refractivity (Wildman–Crippen MR) is 75.6 cm³/mol. The maximum absolute atomic E-state index is 6.20. The number of piperazine rings is 1. The van der Waals surface area contributed by atoms with Gasteiger partial charge in [0.05, 0.1) is 0 Å². The van der Waals surface area contributed by atoms with Crippen LogP contribution in [0.25, 0.3) is 0 Å². The lowest BCUT2D eigenvalue weighted by Gasteiger charge is -2.37. The molecule has 1 N–H and O–H groups in total. The topological polar surface area (TPSA) is 15.3 Å². The number of hydrogen-bond donors (Lipinski definition) is 1.